The van der Waals surface area contributed by atoms with Crippen molar-refractivity contribution in [3.8, 4) is 0 Å². The predicted octanol–water partition coefficient (Wildman–Crippen LogP) is 1.54. The summed E-state index contributed by atoms with van der Waals surface area (Å²) in [7, 11) is 0. The third kappa shape index (κ3) is 4.90. The van der Waals surface area contributed by atoms with Crippen molar-refractivity contribution in [3.63, 3.8) is 0 Å². The van der Waals surface area contributed by atoms with E-state index in [2.05, 4.69) is 25.1 Å². The topological polar surface area (TPSA) is 29.1 Å². The molecule has 0 rings (SSSR count). The highest BCUT2D eigenvalue weighted by atomic mass is 16.1. The molecule has 0 aliphatic rings. The number of hydrogen-bond acceptors (Lipinski definition) is 1. The molecule has 0 unspecified atom stereocenters. The zero-order valence-corrected chi connectivity index (χ0v) is 6.34. The van der Waals surface area contributed by atoms with Gasteiger partial charge in [-0.25, -0.2) is 0 Å². The molecule has 0 heterocycles. The van der Waals surface area contributed by atoms with Gasteiger partial charge in [-0.05, 0) is 12.2 Å². The van der Waals surface area contributed by atoms with Crippen molar-refractivity contribution in [1.82, 2.24) is 5.32 Å². The second-order valence-corrected chi connectivity index (χ2v) is 1.81. The molecule has 0 aliphatic carbocycles. The molecule has 0 aromatic heterocycles. The van der Waals surface area contributed by atoms with Gasteiger partial charge in [0.05, 0.1) is 0 Å². The molecule has 0 aliphatic heterocycles. The summed E-state index contributed by atoms with van der Waals surface area (Å²) in [5.74, 6) is -0.260. The lowest BCUT2D eigenvalue weighted by molar-refractivity contribution is -0.115. The molecule has 11 heavy (non-hydrogen) atoms. The quantitative estimate of drug-likeness (QED) is 0.477. The summed E-state index contributed by atoms with van der Waals surface area (Å²) < 4.78 is 0. The molecule has 58 valence electrons. The Bertz CT molecular complexity index is 214. The monoisotopic (exact) mass is 149 g/mol. The van der Waals surface area contributed by atoms with Gasteiger partial charge >= 0.3 is 0 Å². The lowest BCUT2D eigenvalue weighted by atomic mass is 10.4. The van der Waals surface area contributed by atoms with Crippen LogP contribution < -0.4 is 5.32 Å². The minimum atomic E-state index is -0.260. The Labute approximate surface area is 66.6 Å². The molecule has 0 saturated heterocycles. The molecule has 2 heteroatoms. The van der Waals surface area contributed by atoms with E-state index in [1.165, 1.54) is 6.08 Å². The molecule has 0 aromatic rings. The van der Waals surface area contributed by atoms with E-state index in [4.69, 9.17) is 0 Å². The Balaban J connectivity index is 3.87. The van der Waals surface area contributed by atoms with Crippen LogP contribution in [0, 0.1) is 0 Å². The first-order valence-electron chi connectivity index (χ1n) is 3.12. The first kappa shape index (κ1) is 9.43. The molecular weight excluding hydrogens is 138 g/mol. The van der Waals surface area contributed by atoms with E-state index in [1.807, 2.05) is 0 Å². The van der Waals surface area contributed by atoms with E-state index in [1.54, 1.807) is 18.2 Å². The minimum Gasteiger partial charge on any atom is -0.323 e. The molecule has 0 radical (unpaired) electrons. The SMILES string of the molecule is C=CC=CC(=C)NC(=O)C=C. The number of nitrogens with one attached hydrogen (secondary N) is 1. The van der Waals surface area contributed by atoms with Crippen LogP contribution in [-0.4, -0.2) is 5.91 Å². The summed E-state index contributed by atoms with van der Waals surface area (Å²) in [5.41, 5.74) is 0.523. The summed E-state index contributed by atoms with van der Waals surface area (Å²) in [6.45, 7) is 10.3. The molecule has 0 bridgehead atoms. The van der Waals surface area contributed by atoms with Gasteiger partial charge in [-0.1, -0.05) is 31.9 Å². The number of rotatable bonds is 4. The molecule has 0 fully saturated rings. The van der Waals surface area contributed by atoms with E-state index in [0.717, 1.165) is 0 Å². The number of allylic oxidation sites excluding steroid dienone is 3. The number of hydrogen-bond donors (Lipinski definition) is 1. The average Bonchev–Trinajstić information content (AvgIpc) is 2.00. The van der Waals surface area contributed by atoms with Crippen LogP contribution in [0.4, 0.5) is 0 Å². The van der Waals surface area contributed by atoms with E-state index >= 15 is 0 Å². The highest BCUT2D eigenvalue weighted by Gasteiger charge is 1.91. The van der Waals surface area contributed by atoms with Crippen LogP contribution in [0.1, 0.15) is 0 Å². The Kier molecular flexibility index (Phi) is 4.49. The first-order valence-corrected chi connectivity index (χ1v) is 3.12. The van der Waals surface area contributed by atoms with Crippen LogP contribution in [0.2, 0.25) is 0 Å². The highest BCUT2D eigenvalue weighted by Crippen LogP contribution is 1.87. The summed E-state index contributed by atoms with van der Waals surface area (Å²) in [6, 6.07) is 0. The zero-order chi connectivity index (χ0) is 8.69. The molecule has 0 atom stereocenters. The van der Waals surface area contributed by atoms with E-state index in [0.29, 0.717) is 5.70 Å². The Morgan fingerprint density at radius 3 is 2.45 bits per heavy atom. The highest BCUT2D eigenvalue weighted by molar-refractivity contribution is 5.88. The van der Waals surface area contributed by atoms with Gasteiger partial charge in [-0.2, -0.15) is 0 Å². The van der Waals surface area contributed by atoms with Crippen molar-refractivity contribution >= 4 is 5.91 Å². The van der Waals surface area contributed by atoms with Gasteiger partial charge in [0, 0.05) is 5.70 Å². The van der Waals surface area contributed by atoms with Crippen LogP contribution in [0.5, 0.6) is 0 Å². The number of carbonyl (C=O) groups is 1. The molecule has 1 N–H and O–H groups in total. The lowest BCUT2D eigenvalue weighted by Crippen LogP contribution is -2.17. The predicted molar refractivity (Wildman–Crippen MR) is 46.8 cm³/mol. The summed E-state index contributed by atoms with van der Waals surface area (Å²) in [4.78, 5) is 10.6. The van der Waals surface area contributed by atoms with Crippen molar-refractivity contribution in [2.24, 2.45) is 0 Å². The maximum absolute atomic E-state index is 10.6. The van der Waals surface area contributed by atoms with E-state index in [-0.39, 0.29) is 5.91 Å². The van der Waals surface area contributed by atoms with Crippen LogP contribution in [0.15, 0.2) is 49.7 Å². The normalized spacial score (nSPS) is 9.09. The fourth-order valence-corrected chi connectivity index (χ4v) is 0.435. The summed E-state index contributed by atoms with van der Waals surface area (Å²) in [5, 5.41) is 2.48. The van der Waals surface area contributed by atoms with Gasteiger partial charge in [0.2, 0.25) is 5.91 Å². The molecule has 0 aromatic carbocycles. The molecule has 0 spiro atoms. The van der Waals surface area contributed by atoms with E-state index in [9.17, 15) is 4.79 Å². The van der Waals surface area contributed by atoms with Gasteiger partial charge in [0.15, 0.2) is 0 Å². The van der Waals surface area contributed by atoms with Crippen LogP contribution >= 0.6 is 0 Å². The number of carbonyl (C=O) groups excluding carboxylic acids is 1. The van der Waals surface area contributed by atoms with E-state index < -0.39 is 0 Å². The van der Waals surface area contributed by atoms with Gasteiger partial charge in [0.1, 0.15) is 0 Å². The summed E-state index contributed by atoms with van der Waals surface area (Å²) in [6.07, 6.45) is 6.12. The van der Waals surface area contributed by atoms with Gasteiger partial charge in [0.25, 0.3) is 0 Å². The largest absolute Gasteiger partial charge is 0.323 e. The third-order valence-corrected chi connectivity index (χ3v) is 0.903. The Hall–Kier alpha value is -1.57. The van der Waals surface area contributed by atoms with Crippen LogP contribution in [0.3, 0.4) is 0 Å². The van der Waals surface area contributed by atoms with Crippen molar-refractivity contribution in [2.45, 2.75) is 0 Å². The fraction of sp³-hybridized carbons (Fsp3) is 0. The van der Waals surface area contributed by atoms with Crippen LogP contribution in [-0.2, 0) is 4.79 Å². The van der Waals surface area contributed by atoms with Crippen molar-refractivity contribution in [1.29, 1.82) is 0 Å². The molecular formula is C9H11NO. The standard InChI is InChI=1S/C9H11NO/c1-4-6-7-8(3)10-9(11)5-2/h4-7H,1-3H2,(H,10,11). The molecule has 2 nitrogen and oxygen atoms in total. The lowest BCUT2D eigenvalue weighted by Gasteiger charge is -1.97. The third-order valence-electron chi connectivity index (χ3n) is 0.903. The van der Waals surface area contributed by atoms with Gasteiger partial charge in [-0.3, -0.25) is 4.79 Å². The Morgan fingerprint density at radius 2 is 2.00 bits per heavy atom. The van der Waals surface area contributed by atoms with Crippen molar-refractivity contribution in [3.05, 3.63) is 49.7 Å². The first-order chi connectivity index (χ1) is 5.20. The smallest absolute Gasteiger partial charge is 0.247 e. The Morgan fingerprint density at radius 1 is 1.36 bits per heavy atom. The minimum absolute atomic E-state index is 0.260. The van der Waals surface area contributed by atoms with Crippen LogP contribution in [0.25, 0.3) is 0 Å². The maximum Gasteiger partial charge on any atom is 0.247 e. The zero-order valence-electron chi connectivity index (χ0n) is 6.34. The molecule has 1 amide bonds. The number of amides is 1. The average molecular weight is 149 g/mol. The second-order valence-electron chi connectivity index (χ2n) is 1.81. The molecule has 0 saturated carbocycles. The summed E-state index contributed by atoms with van der Waals surface area (Å²) >= 11 is 0. The fourth-order valence-electron chi connectivity index (χ4n) is 0.435. The van der Waals surface area contributed by atoms with Gasteiger partial charge < -0.3 is 5.32 Å². The van der Waals surface area contributed by atoms with Gasteiger partial charge in [-0.15, -0.1) is 0 Å². The maximum atomic E-state index is 10.6. The van der Waals surface area contributed by atoms with Crippen molar-refractivity contribution < 1.29 is 4.79 Å². The van der Waals surface area contributed by atoms with Crippen molar-refractivity contribution in [2.75, 3.05) is 0 Å². The second kappa shape index (κ2) is 5.23.